The van der Waals surface area contributed by atoms with Crippen LogP contribution in [-0.4, -0.2) is 28.8 Å². The van der Waals surface area contributed by atoms with Crippen LogP contribution in [0.4, 0.5) is 14.9 Å². The lowest BCUT2D eigenvalue weighted by molar-refractivity contribution is -0.134. The third kappa shape index (κ3) is 4.39. The molecule has 0 aliphatic carbocycles. The molecule has 1 heterocycles. The van der Waals surface area contributed by atoms with Crippen LogP contribution in [-0.2, 0) is 9.59 Å². The molecule has 0 radical (unpaired) electrons. The normalized spacial score (nSPS) is 17.0. The molecule has 0 saturated carbocycles. The molecule has 2 N–H and O–H groups in total. The maximum Gasteiger partial charge on any atom is 0.325 e. The number of urea groups is 1. The molecule has 1 saturated heterocycles. The van der Waals surface area contributed by atoms with Crippen molar-refractivity contribution in [2.45, 2.75) is 24.9 Å². The fourth-order valence-electron chi connectivity index (χ4n) is 4.05. The van der Waals surface area contributed by atoms with E-state index in [2.05, 4.69) is 16.6 Å². The minimum atomic E-state index is -1.23. The largest absolute Gasteiger partial charge is 0.325 e. The Morgan fingerprint density at radius 1 is 1.06 bits per heavy atom. The Labute approximate surface area is 196 Å². The fraction of sp³-hybridized carbons (Fsp3) is 0.148. The number of carbonyl (C=O) groups is 3. The second-order valence-corrected chi connectivity index (χ2v) is 7.97. The second kappa shape index (κ2) is 9.59. The summed E-state index contributed by atoms with van der Waals surface area (Å²) in [6, 6.07) is 19.0. The summed E-state index contributed by atoms with van der Waals surface area (Å²) in [7, 11) is 0. The van der Waals surface area contributed by atoms with Crippen molar-refractivity contribution in [3.63, 3.8) is 0 Å². The van der Waals surface area contributed by atoms with Crippen molar-refractivity contribution in [1.82, 2.24) is 10.2 Å². The highest BCUT2D eigenvalue weighted by Gasteiger charge is 2.47. The zero-order valence-electron chi connectivity index (χ0n) is 18.4. The summed E-state index contributed by atoms with van der Waals surface area (Å²) in [5.41, 5.74) is 1.57. The molecule has 1 aliphatic rings. The maximum atomic E-state index is 14.5. The summed E-state index contributed by atoms with van der Waals surface area (Å²) >= 11 is 0. The number of rotatable bonds is 6. The summed E-state index contributed by atoms with van der Waals surface area (Å²) in [6.45, 7) is 1.74. The average molecular weight is 455 g/mol. The standard InChI is InChI=1S/C27H22FN3O3/c1-3-18-14-15-22(21(28)16-18)29-25(32)24(17(2)19-10-6-4-7-11-19)31-26(33)23(30-27(31)34)20-12-8-5-9-13-20/h1,4-17,23-24H,2H3,(H,29,32)(H,30,34)/t17-,23?,24-/m0/s1. The van der Waals surface area contributed by atoms with Crippen LogP contribution in [0.15, 0.2) is 78.9 Å². The molecule has 6 nitrogen and oxygen atoms in total. The quantitative estimate of drug-likeness (QED) is 0.432. The van der Waals surface area contributed by atoms with Crippen LogP contribution in [0.5, 0.6) is 0 Å². The van der Waals surface area contributed by atoms with E-state index in [1.165, 1.54) is 12.1 Å². The van der Waals surface area contributed by atoms with Gasteiger partial charge in [-0.25, -0.2) is 14.1 Å². The molecule has 0 spiro atoms. The highest BCUT2D eigenvalue weighted by atomic mass is 19.1. The smallest absolute Gasteiger partial charge is 0.322 e. The third-order valence-electron chi connectivity index (χ3n) is 5.84. The van der Waals surface area contributed by atoms with Gasteiger partial charge in [0.25, 0.3) is 5.91 Å². The van der Waals surface area contributed by atoms with Gasteiger partial charge < -0.3 is 10.6 Å². The third-order valence-corrected chi connectivity index (χ3v) is 5.84. The summed E-state index contributed by atoms with van der Waals surface area (Å²) < 4.78 is 14.5. The molecule has 4 amide bonds. The molecule has 3 atom stereocenters. The Morgan fingerprint density at radius 2 is 1.71 bits per heavy atom. The number of benzene rings is 3. The highest BCUT2D eigenvalue weighted by Crippen LogP contribution is 2.31. The number of nitrogens with zero attached hydrogens (tertiary/aromatic N) is 1. The van der Waals surface area contributed by atoms with E-state index in [4.69, 9.17) is 6.42 Å². The lowest BCUT2D eigenvalue weighted by atomic mass is 9.91. The average Bonchev–Trinajstić information content (AvgIpc) is 3.15. The zero-order valence-corrected chi connectivity index (χ0v) is 18.4. The second-order valence-electron chi connectivity index (χ2n) is 7.97. The summed E-state index contributed by atoms with van der Waals surface area (Å²) in [4.78, 5) is 40.7. The Morgan fingerprint density at radius 3 is 2.32 bits per heavy atom. The van der Waals surface area contributed by atoms with Crippen molar-refractivity contribution in [3.8, 4) is 12.3 Å². The van der Waals surface area contributed by atoms with Crippen molar-refractivity contribution >= 4 is 23.5 Å². The number of nitrogens with one attached hydrogen (secondary N) is 2. The van der Waals surface area contributed by atoms with Gasteiger partial charge in [0.15, 0.2) is 0 Å². The van der Waals surface area contributed by atoms with E-state index in [9.17, 15) is 18.8 Å². The zero-order chi connectivity index (χ0) is 24.2. The maximum absolute atomic E-state index is 14.5. The molecule has 0 aromatic heterocycles. The first-order valence-electron chi connectivity index (χ1n) is 10.7. The molecule has 7 heteroatoms. The number of hydrogen-bond donors (Lipinski definition) is 2. The molecular formula is C27H22FN3O3. The van der Waals surface area contributed by atoms with Crippen molar-refractivity contribution in [2.24, 2.45) is 0 Å². The SMILES string of the molecule is C#Cc1ccc(NC(=O)[C@H]([C@@H](C)c2ccccc2)N2C(=O)NC(c3ccccc3)C2=O)c(F)c1. The minimum absolute atomic E-state index is 0.0964. The van der Waals surface area contributed by atoms with Gasteiger partial charge in [0, 0.05) is 11.5 Å². The molecule has 170 valence electrons. The number of halogens is 1. The van der Waals surface area contributed by atoms with Crippen LogP contribution in [0.2, 0.25) is 0 Å². The molecule has 3 aromatic rings. The van der Waals surface area contributed by atoms with Gasteiger partial charge in [0.05, 0.1) is 5.69 Å². The van der Waals surface area contributed by atoms with E-state index in [-0.39, 0.29) is 5.69 Å². The predicted molar refractivity (Wildman–Crippen MR) is 126 cm³/mol. The number of anilines is 1. The fourth-order valence-corrected chi connectivity index (χ4v) is 4.05. The number of hydrogen-bond acceptors (Lipinski definition) is 3. The number of amides is 4. The molecule has 3 aromatic carbocycles. The summed E-state index contributed by atoms with van der Waals surface area (Å²) in [6.07, 6.45) is 5.30. The molecular weight excluding hydrogens is 433 g/mol. The van der Waals surface area contributed by atoms with Crippen LogP contribution >= 0.6 is 0 Å². The van der Waals surface area contributed by atoms with E-state index in [1.807, 2.05) is 6.07 Å². The van der Waals surface area contributed by atoms with Gasteiger partial charge in [-0.15, -0.1) is 6.42 Å². The minimum Gasteiger partial charge on any atom is -0.322 e. The number of carbonyl (C=O) groups excluding carboxylic acids is 3. The Kier molecular flexibility index (Phi) is 6.42. The van der Waals surface area contributed by atoms with E-state index < -0.39 is 41.7 Å². The van der Waals surface area contributed by atoms with E-state index in [0.717, 1.165) is 16.5 Å². The molecule has 34 heavy (non-hydrogen) atoms. The number of terminal acetylenes is 1. The molecule has 1 fully saturated rings. The monoisotopic (exact) mass is 455 g/mol. The van der Waals surface area contributed by atoms with Crippen molar-refractivity contribution < 1.29 is 18.8 Å². The molecule has 1 aliphatic heterocycles. The Bertz CT molecular complexity index is 1270. The van der Waals surface area contributed by atoms with Crippen LogP contribution in [0.1, 0.15) is 35.6 Å². The number of imide groups is 1. The topological polar surface area (TPSA) is 78.5 Å². The van der Waals surface area contributed by atoms with E-state index in [1.54, 1.807) is 61.5 Å². The van der Waals surface area contributed by atoms with Gasteiger partial charge in [-0.1, -0.05) is 73.5 Å². The van der Waals surface area contributed by atoms with Gasteiger partial charge in [0.2, 0.25) is 5.91 Å². The van der Waals surface area contributed by atoms with Crippen LogP contribution in [0.25, 0.3) is 0 Å². The summed E-state index contributed by atoms with van der Waals surface area (Å²) in [5.74, 6) is -0.202. The van der Waals surface area contributed by atoms with Crippen LogP contribution in [0.3, 0.4) is 0 Å². The van der Waals surface area contributed by atoms with Crippen molar-refractivity contribution in [2.75, 3.05) is 5.32 Å². The Hall–Kier alpha value is -4.44. The predicted octanol–water partition coefficient (Wildman–Crippen LogP) is 4.21. The van der Waals surface area contributed by atoms with Crippen molar-refractivity contribution in [3.05, 3.63) is 101 Å². The Balaban J connectivity index is 1.70. The molecule has 1 unspecified atom stereocenters. The van der Waals surface area contributed by atoms with E-state index >= 15 is 0 Å². The lowest BCUT2D eigenvalue weighted by Gasteiger charge is -2.30. The van der Waals surface area contributed by atoms with Gasteiger partial charge in [-0.2, -0.15) is 0 Å². The summed E-state index contributed by atoms with van der Waals surface area (Å²) in [5, 5.41) is 5.19. The molecule has 4 rings (SSSR count). The first kappa shape index (κ1) is 22.7. The van der Waals surface area contributed by atoms with Crippen LogP contribution < -0.4 is 10.6 Å². The van der Waals surface area contributed by atoms with Crippen LogP contribution in [0, 0.1) is 18.2 Å². The van der Waals surface area contributed by atoms with E-state index in [0.29, 0.717) is 11.1 Å². The molecule has 0 bridgehead atoms. The highest BCUT2D eigenvalue weighted by molar-refractivity contribution is 6.10. The van der Waals surface area contributed by atoms with Gasteiger partial charge in [-0.05, 0) is 29.3 Å². The lowest BCUT2D eigenvalue weighted by Crippen LogP contribution is -2.50. The van der Waals surface area contributed by atoms with Gasteiger partial charge in [0.1, 0.15) is 17.9 Å². The van der Waals surface area contributed by atoms with Gasteiger partial charge in [-0.3, -0.25) is 9.59 Å². The first-order chi connectivity index (χ1) is 16.4. The first-order valence-corrected chi connectivity index (χ1v) is 10.7. The van der Waals surface area contributed by atoms with Crippen molar-refractivity contribution in [1.29, 1.82) is 0 Å². The van der Waals surface area contributed by atoms with Gasteiger partial charge >= 0.3 is 6.03 Å².